The van der Waals surface area contributed by atoms with Crippen LogP contribution in [0, 0.1) is 5.92 Å². The van der Waals surface area contributed by atoms with Gasteiger partial charge in [-0.25, -0.2) is 0 Å². The number of carbonyl (C=O) groups excluding carboxylic acids is 2. The SMILES string of the molecule is CCCn1ccc2cc(NC(=O)C3CC(=O)N(c4ccc5c(c4)OCCO5)C3)ccc21. The van der Waals surface area contributed by atoms with Gasteiger partial charge in [-0.1, -0.05) is 6.92 Å². The first kappa shape index (κ1) is 19.5. The van der Waals surface area contributed by atoms with Gasteiger partial charge in [0.25, 0.3) is 0 Å². The van der Waals surface area contributed by atoms with Crippen LogP contribution in [0.2, 0.25) is 0 Å². The molecule has 5 rings (SSSR count). The monoisotopic (exact) mass is 419 g/mol. The van der Waals surface area contributed by atoms with Gasteiger partial charge in [0.1, 0.15) is 13.2 Å². The van der Waals surface area contributed by atoms with E-state index in [1.807, 2.05) is 36.4 Å². The lowest BCUT2D eigenvalue weighted by molar-refractivity contribution is -0.122. The van der Waals surface area contributed by atoms with Gasteiger partial charge in [-0.05, 0) is 42.8 Å². The lowest BCUT2D eigenvalue weighted by Crippen LogP contribution is -2.28. The Balaban J connectivity index is 1.28. The first-order chi connectivity index (χ1) is 15.1. The molecular weight excluding hydrogens is 394 g/mol. The van der Waals surface area contributed by atoms with E-state index in [-0.39, 0.29) is 18.2 Å². The maximum Gasteiger partial charge on any atom is 0.229 e. The van der Waals surface area contributed by atoms with Gasteiger partial charge < -0.3 is 24.3 Å². The molecule has 2 amide bonds. The molecule has 3 heterocycles. The molecule has 0 aliphatic carbocycles. The van der Waals surface area contributed by atoms with Crippen LogP contribution in [-0.2, 0) is 16.1 Å². The second kappa shape index (κ2) is 7.98. The third kappa shape index (κ3) is 3.71. The van der Waals surface area contributed by atoms with Gasteiger partial charge in [0.15, 0.2) is 11.5 Å². The van der Waals surface area contributed by atoms with Crippen LogP contribution in [0.4, 0.5) is 11.4 Å². The number of hydrogen-bond donors (Lipinski definition) is 1. The number of carbonyl (C=O) groups is 2. The molecule has 1 unspecified atom stereocenters. The Morgan fingerprint density at radius 3 is 2.77 bits per heavy atom. The maximum absolute atomic E-state index is 12.9. The minimum absolute atomic E-state index is 0.0658. The van der Waals surface area contributed by atoms with Gasteiger partial charge in [0.05, 0.1) is 5.92 Å². The second-order valence-corrected chi connectivity index (χ2v) is 8.01. The number of rotatable bonds is 5. The normalized spacial score (nSPS) is 17.9. The van der Waals surface area contributed by atoms with Crippen LogP contribution < -0.4 is 19.7 Å². The van der Waals surface area contributed by atoms with Gasteiger partial charge in [-0.2, -0.15) is 0 Å². The summed E-state index contributed by atoms with van der Waals surface area (Å²) >= 11 is 0. The van der Waals surface area contributed by atoms with Crippen molar-refractivity contribution < 1.29 is 19.1 Å². The van der Waals surface area contributed by atoms with E-state index in [2.05, 4.69) is 29.1 Å². The van der Waals surface area contributed by atoms with Crippen LogP contribution in [0.15, 0.2) is 48.7 Å². The molecule has 2 aliphatic rings. The summed E-state index contributed by atoms with van der Waals surface area (Å²) in [7, 11) is 0. The third-order valence-corrected chi connectivity index (χ3v) is 5.84. The number of fused-ring (bicyclic) bond motifs is 2. The molecule has 7 nitrogen and oxygen atoms in total. The molecule has 160 valence electrons. The highest BCUT2D eigenvalue weighted by Gasteiger charge is 2.35. The zero-order valence-corrected chi connectivity index (χ0v) is 17.5. The predicted molar refractivity (Wildman–Crippen MR) is 119 cm³/mol. The molecule has 1 atom stereocenters. The fraction of sp³-hybridized carbons (Fsp3) is 0.333. The zero-order valence-electron chi connectivity index (χ0n) is 17.5. The second-order valence-electron chi connectivity index (χ2n) is 8.01. The fourth-order valence-corrected chi connectivity index (χ4v) is 4.29. The molecule has 31 heavy (non-hydrogen) atoms. The number of benzene rings is 2. The van der Waals surface area contributed by atoms with E-state index < -0.39 is 5.92 Å². The largest absolute Gasteiger partial charge is 0.486 e. The van der Waals surface area contributed by atoms with E-state index in [1.54, 1.807) is 4.90 Å². The van der Waals surface area contributed by atoms with Crippen molar-refractivity contribution in [3.63, 3.8) is 0 Å². The number of aryl methyl sites for hydroxylation is 1. The Bertz CT molecular complexity index is 1150. The summed E-state index contributed by atoms with van der Waals surface area (Å²) in [5, 5.41) is 4.08. The van der Waals surface area contributed by atoms with E-state index in [1.165, 1.54) is 0 Å². The molecular formula is C24H25N3O4. The van der Waals surface area contributed by atoms with E-state index in [0.717, 1.165) is 35.2 Å². The molecule has 0 saturated carbocycles. The van der Waals surface area contributed by atoms with Crippen molar-refractivity contribution in [3.05, 3.63) is 48.7 Å². The van der Waals surface area contributed by atoms with E-state index in [0.29, 0.717) is 31.3 Å². The number of amides is 2. The Hall–Kier alpha value is -3.48. The van der Waals surface area contributed by atoms with Crippen molar-refractivity contribution in [1.82, 2.24) is 4.57 Å². The third-order valence-electron chi connectivity index (χ3n) is 5.84. The summed E-state index contributed by atoms with van der Waals surface area (Å²) in [6.07, 6.45) is 3.33. The average molecular weight is 419 g/mol. The molecule has 3 aromatic rings. The highest BCUT2D eigenvalue weighted by atomic mass is 16.6. The fourth-order valence-electron chi connectivity index (χ4n) is 4.29. The number of nitrogens with one attached hydrogen (secondary N) is 1. The highest BCUT2D eigenvalue weighted by Crippen LogP contribution is 2.36. The molecule has 1 fully saturated rings. The first-order valence-corrected chi connectivity index (χ1v) is 10.7. The number of hydrogen-bond acceptors (Lipinski definition) is 4. The van der Waals surface area contributed by atoms with Crippen molar-refractivity contribution in [2.45, 2.75) is 26.3 Å². The Labute approximate surface area is 180 Å². The maximum atomic E-state index is 12.9. The van der Waals surface area contributed by atoms with Gasteiger partial charge in [-0.3, -0.25) is 9.59 Å². The lowest BCUT2D eigenvalue weighted by atomic mass is 10.1. The molecule has 2 aliphatic heterocycles. The summed E-state index contributed by atoms with van der Waals surface area (Å²) in [6, 6.07) is 13.4. The zero-order chi connectivity index (χ0) is 21.4. The van der Waals surface area contributed by atoms with Gasteiger partial charge >= 0.3 is 0 Å². The minimum atomic E-state index is -0.402. The van der Waals surface area contributed by atoms with Crippen molar-refractivity contribution in [3.8, 4) is 11.5 Å². The van der Waals surface area contributed by atoms with Crippen LogP contribution in [-0.4, -0.2) is 36.1 Å². The quantitative estimate of drug-likeness (QED) is 0.683. The van der Waals surface area contributed by atoms with Crippen LogP contribution >= 0.6 is 0 Å². The van der Waals surface area contributed by atoms with Crippen LogP contribution in [0.5, 0.6) is 11.5 Å². The lowest BCUT2D eigenvalue weighted by Gasteiger charge is -2.22. The van der Waals surface area contributed by atoms with Crippen molar-refractivity contribution in [1.29, 1.82) is 0 Å². The molecule has 1 saturated heterocycles. The molecule has 1 N–H and O–H groups in total. The minimum Gasteiger partial charge on any atom is -0.486 e. The topological polar surface area (TPSA) is 72.8 Å². The van der Waals surface area contributed by atoms with Crippen LogP contribution in [0.25, 0.3) is 10.9 Å². The molecule has 1 aromatic heterocycles. The van der Waals surface area contributed by atoms with E-state index in [9.17, 15) is 9.59 Å². The van der Waals surface area contributed by atoms with Crippen molar-refractivity contribution in [2.75, 3.05) is 30.0 Å². The predicted octanol–water partition coefficient (Wildman–Crippen LogP) is 3.81. The Morgan fingerprint density at radius 2 is 1.94 bits per heavy atom. The smallest absolute Gasteiger partial charge is 0.229 e. The molecule has 0 bridgehead atoms. The Kier molecular flexibility index (Phi) is 5.02. The van der Waals surface area contributed by atoms with Crippen molar-refractivity contribution in [2.24, 2.45) is 5.92 Å². The molecule has 0 spiro atoms. The summed E-state index contributed by atoms with van der Waals surface area (Å²) < 4.78 is 13.4. The molecule has 0 radical (unpaired) electrons. The molecule has 7 heteroatoms. The summed E-state index contributed by atoms with van der Waals surface area (Å²) in [4.78, 5) is 27.1. The Morgan fingerprint density at radius 1 is 1.10 bits per heavy atom. The summed E-state index contributed by atoms with van der Waals surface area (Å²) in [6.45, 7) is 4.47. The van der Waals surface area contributed by atoms with Gasteiger partial charge in [0.2, 0.25) is 11.8 Å². The number of nitrogens with zero attached hydrogens (tertiary/aromatic N) is 2. The molecule has 2 aromatic carbocycles. The van der Waals surface area contributed by atoms with Gasteiger partial charge in [-0.15, -0.1) is 0 Å². The van der Waals surface area contributed by atoms with Crippen LogP contribution in [0.1, 0.15) is 19.8 Å². The highest BCUT2D eigenvalue weighted by molar-refractivity contribution is 6.04. The van der Waals surface area contributed by atoms with Crippen LogP contribution in [0.3, 0.4) is 0 Å². The number of ether oxygens (including phenoxy) is 2. The van der Waals surface area contributed by atoms with E-state index >= 15 is 0 Å². The number of aromatic nitrogens is 1. The standard InChI is InChI=1S/C24H25N3O4/c1-2-8-26-9-7-16-12-18(3-5-20(16)26)25-24(29)17-13-23(28)27(15-17)19-4-6-21-22(14-19)31-11-10-30-21/h3-7,9,12,14,17H,2,8,10-11,13,15H2,1H3,(H,25,29). The summed E-state index contributed by atoms with van der Waals surface area (Å²) in [5.74, 6) is 0.706. The number of anilines is 2. The average Bonchev–Trinajstić information content (AvgIpc) is 3.37. The first-order valence-electron chi connectivity index (χ1n) is 10.7. The summed E-state index contributed by atoms with van der Waals surface area (Å²) in [5.41, 5.74) is 2.63. The van der Waals surface area contributed by atoms with Gasteiger partial charge in [0, 0.05) is 54.1 Å². The van der Waals surface area contributed by atoms with E-state index in [4.69, 9.17) is 9.47 Å². The van der Waals surface area contributed by atoms with Crippen molar-refractivity contribution >= 4 is 34.1 Å².